The molecule has 0 aliphatic heterocycles. The molecule has 20 heavy (non-hydrogen) atoms. The first kappa shape index (κ1) is 15.5. The van der Waals surface area contributed by atoms with Crippen molar-refractivity contribution in [3.8, 4) is 0 Å². The van der Waals surface area contributed by atoms with Crippen LogP contribution in [0.2, 0.25) is 0 Å². The molecule has 1 aliphatic carbocycles. The van der Waals surface area contributed by atoms with Crippen LogP contribution in [0.15, 0.2) is 4.42 Å². The molecule has 0 aromatic carbocycles. The summed E-state index contributed by atoms with van der Waals surface area (Å²) in [5, 5.41) is 11.7. The lowest BCUT2D eigenvalue weighted by Crippen LogP contribution is -2.19. The molecule has 0 bridgehead atoms. The summed E-state index contributed by atoms with van der Waals surface area (Å²) in [7, 11) is 0. The van der Waals surface area contributed by atoms with Gasteiger partial charge in [0.2, 0.25) is 11.8 Å². The topological polar surface area (TPSA) is 51.0 Å². The van der Waals surface area contributed by atoms with Gasteiger partial charge in [0, 0.05) is 25.4 Å². The van der Waals surface area contributed by atoms with Gasteiger partial charge in [-0.2, -0.15) is 0 Å². The van der Waals surface area contributed by atoms with E-state index in [0.29, 0.717) is 0 Å². The van der Waals surface area contributed by atoms with E-state index < -0.39 is 0 Å². The quantitative estimate of drug-likeness (QED) is 0.593. The molecule has 4 heteroatoms. The normalized spacial score (nSPS) is 14.8. The van der Waals surface area contributed by atoms with Crippen LogP contribution in [0.1, 0.15) is 76.5 Å². The molecule has 0 spiro atoms. The van der Waals surface area contributed by atoms with Crippen LogP contribution in [-0.2, 0) is 12.8 Å². The Morgan fingerprint density at radius 3 is 2.30 bits per heavy atom. The first-order chi connectivity index (χ1) is 9.88. The van der Waals surface area contributed by atoms with Gasteiger partial charge in [0.05, 0.1) is 0 Å². The van der Waals surface area contributed by atoms with Gasteiger partial charge >= 0.3 is 0 Å². The summed E-state index contributed by atoms with van der Waals surface area (Å²) in [4.78, 5) is 0. The summed E-state index contributed by atoms with van der Waals surface area (Å²) in [5.41, 5.74) is 0. The zero-order valence-corrected chi connectivity index (χ0v) is 12.9. The van der Waals surface area contributed by atoms with Gasteiger partial charge in [-0.15, -0.1) is 10.2 Å². The zero-order valence-electron chi connectivity index (χ0n) is 12.9. The Balaban J connectivity index is 1.48. The van der Waals surface area contributed by atoms with E-state index >= 15 is 0 Å². The van der Waals surface area contributed by atoms with Gasteiger partial charge in [-0.05, 0) is 19.3 Å². The van der Waals surface area contributed by atoms with Gasteiger partial charge in [0.1, 0.15) is 0 Å². The molecule has 1 N–H and O–H groups in total. The molecule has 1 fully saturated rings. The van der Waals surface area contributed by atoms with Gasteiger partial charge in [0.15, 0.2) is 0 Å². The molecule has 1 aromatic heterocycles. The zero-order chi connectivity index (χ0) is 14.0. The van der Waals surface area contributed by atoms with E-state index in [1.54, 1.807) is 0 Å². The molecule has 0 radical (unpaired) electrons. The smallest absolute Gasteiger partial charge is 0.217 e. The van der Waals surface area contributed by atoms with Crippen molar-refractivity contribution in [2.45, 2.75) is 83.6 Å². The van der Waals surface area contributed by atoms with E-state index in [1.165, 1.54) is 57.8 Å². The second-order valence-electron chi connectivity index (χ2n) is 5.94. The minimum atomic E-state index is 0.755. The van der Waals surface area contributed by atoms with Crippen LogP contribution in [0.4, 0.5) is 0 Å². The standard InChI is InChI=1S/C16H29N3O/c1-2-3-4-5-6-7-8-9-15-18-19-16(20-15)12-13-17-14-10-11-14/h14,17H,2-13H2,1H3. The summed E-state index contributed by atoms with van der Waals surface area (Å²) >= 11 is 0. The fourth-order valence-corrected chi connectivity index (χ4v) is 2.39. The van der Waals surface area contributed by atoms with Gasteiger partial charge < -0.3 is 9.73 Å². The molecule has 2 rings (SSSR count). The Kier molecular flexibility index (Phi) is 7.06. The number of aryl methyl sites for hydroxylation is 1. The summed E-state index contributed by atoms with van der Waals surface area (Å²) in [6, 6.07) is 0.755. The fourth-order valence-electron chi connectivity index (χ4n) is 2.39. The maximum absolute atomic E-state index is 5.67. The van der Waals surface area contributed by atoms with Crippen molar-refractivity contribution in [1.82, 2.24) is 15.5 Å². The number of unbranched alkanes of at least 4 members (excludes halogenated alkanes) is 6. The molecule has 0 saturated heterocycles. The van der Waals surface area contributed by atoms with E-state index in [1.807, 2.05) is 0 Å². The summed E-state index contributed by atoms with van der Waals surface area (Å²) < 4.78 is 5.67. The van der Waals surface area contributed by atoms with Crippen LogP contribution in [0, 0.1) is 0 Å². The second-order valence-corrected chi connectivity index (χ2v) is 5.94. The number of nitrogens with zero attached hydrogens (tertiary/aromatic N) is 2. The Bertz CT molecular complexity index is 360. The lowest BCUT2D eigenvalue weighted by atomic mass is 10.1. The lowest BCUT2D eigenvalue weighted by Gasteiger charge is -1.99. The monoisotopic (exact) mass is 279 g/mol. The molecule has 1 heterocycles. The van der Waals surface area contributed by atoms with Crippen LogP contribution < -0.4 is 5.32 Å². The minimum Gasteiger partial charge on any atom is -0.425 e. The fraction of sp³-hybridized carbons (Fsp3) is 0.875. The number of aromatic nitrogens is 2. The molecule has 1 aliphatic rings. The van der Waals surface area contributed by atoms with Crippen LogP contribution >= 0.6 is 0 Å². The second kappa shape index (κ2) is 9.11. The SMILES string of the molecule is CCCCCCCCCc1nnc(CCNC2CC2)o1. The van der Waals surface area contributed by atoms with Crippen molar-refractivity contribution in [2.75, 3.05) is 6.54 Å². The van der Waals surface area contributed by atoms with Crippen LogP contribution in [-0.4, -0.2) is 22.8 Å². The average Bonchev–Trinajstić information content (AvgIpc) is 3.16. The van der Waals surface area contributed by atoms with Gasteiger partial charge in [0.25, 0.3) is 0 Å². The van der Waals surface area contributed by atoms with Crippen molar-refractivity contribution < 1.29 is 4.42 Å². The predicted octanol–water partition coefficient (Wildman–Crippen LogP) is 3.66. The molecule has 114 valence electrons. The van der Waals surface area contributed by atoms with Crippen LogP contribution in [0.3, 0.4) is 0 Å². The number of nitrogens with one attached hydrogen (secondary N) is 1. The molecular weight excluding hydrogens is 250 g/mol. The molecule has 1 aromatic rings. The third kappa shape index (κ3) is 6.51. The minimum absolute atomic E-state index is 0.755. The highest BCUT2D eigenvalue weighted by molar-refractivity contribution is 4.86. The lowest BCUT2D eigenvalue weighted by molar-refractivity contribution is 0.434. The Hall–Kier alpha value is -0.900. The van der Waals surface area contributed by atoms with Gasteiger partial charge in [-0.1, -0.05) is 45.4 Å². The molecule has 4 nitrogen and oxygen atoms in total. The first-order valence-corrected chi connectivity index (χ1v) is 8.43. The van der Waals surface area contributed by atoms with Crippen molar-refractivity contribution in [3.63, 3.8) is 0 Å². The van der Waals surface area contributed by atoms with E-state index in [9.17, 15) is 0 Å². The third-order valence-corrected chi connectivity index (χ3v) is 3.85. The Morgan fingerprint density at radius 2 is 1.60 bits per heavy atom. The highest BCUT2D eigenvalue weighted by Crippen LogP contribution is 2.18. The molecule has 0 atom stereocenters. The summed E-state index contributed by atoms with van der Waals surface area (Å²) in [6.45, 7) is 3.22. The van der Waals surface area contributed by atoms with E-state index in [0.717, 1.165) is 37.2 Å². The molecular formula is C16H29N3O. The number of hydrogen-bond donors (Lipinski definition) is 1. The predicted molar refractivity (Wildman–Crippen MR) is 80.7 cm³/mol. The van der Waals surface area contributed by atoms with E-state index in [2.05, 4.69) is 22.4 Å². The van der Waals surface area contributed by atoms with Crippen molar-refractivity contribution in [1.29, 1.82) is 0 Å². The molecule has 1 saturated carbocycles. The molecule has 0 amide bonds. The maximum Gasteiger partial charge on any atom is 0.217 e. The van der Waals surface area contributed by atoms with Gasteiger partial charge in [-0.25, -0.2) is 0 Å². The van der Waals surface area contributed by atoms with Crippen LogP contribution in [0.5, 0.6) is 0 Å². The van der Waals surface area contributed by atoms with Crippen molar-refractivity contribution in [2.24, 2.45) is 0 Å². The Morgan fingerprint density at radius 1 is 0.950 bits per heavy atom. The van der Waals surface area contributed by atoms with Crippen molar-refractivity contribution in [3.05, 3.63) is 11.8 Å². The number of rotatable bonds is 12. The molecule has 0 unspecified atom stereocenters. The van der Waals surface area contributed by atoms with Gasteiger partial charge in [-0.3, -0.25) is 0 Å². The first-order valence-electron chi connectivity index (χ1n) is 8.43. The van der Waals surface area contributed by atoms with E-state index in [-0.39, 0.29) is 0 Å². The Labute approximate surface area is 122 Å². The summed E-state index contributed by atoms with van der Waals surface area (Å²) in [6.07, 6.45) is 13.7. The number of hydrogen-bond acceptors (Lipinski definition) is 4. The highest BCUT2D eigenvalue weighted by atomic mass is 16.4. The highest BCUT2D eigenvalue weighted by Gasteiger charge is 2.20. The van der Waals surface area contributed by atoms with Crippen molar-refractivity contribution >= 4 is 0 Å². The largest absolute Gasteiger partial charge is 0.425 e. The maximum atomic E-state index is 5.67. The summed E-state index contributed by atoms with van der Waals surface area (Å²) in [5.74, 6) is 1.61. The third-order valence-electron chi connectivity index (χ3n) is 3.85. The average molecular weight is 279 g/mol. The van der Waals surface area contributed by atoms with E-state index in [4.69, 9.17) is 4.42 Å². The van der Waals surface area contributed by atoms with Crippen LogP contribution in [0.25, 0.3) is 0 Å².